The van der Waals surface area contributed by atoms with Crippen molar-refractivity contribution in [3.63, 3.8) is 0 Å². The van der Waals surface area contributed by atoms with Crippen molar-refractivity contribution in [2.75, 3.05) is 0 Å². The molecular weight excluding hydrogens is 262 g/mol. The lowest BCUT2D eigenvalue weighted by atomic mass is 9.75. The van der Waals surface area contributed by atoms with E-state index in [1.807, 2.05) is 61.1 Å². The monoisotopic (exact) mass is 281 g/mol. The molecule has 2 rings (SSSR count). The van der Waals surface area contributed by atoms with Gasteiger partial charge in [-0.15, -0.1) is 0 Å². The van der Waals surface area contributed by atoms with Gasteiger partial charge in [-0.1, -0.05) is 30.3 Å². The number of hydrogen-bond donors (Lipinski definition) is 0. The van der Waals surface area contributed by atoms with Gasteiger partial charge in [0, 0.05) is 18.7 Å². The number of ketones is 1. The molecule has 1 unspecified atom stereocenters. The molecule has 2 aromatic rings. The molecule has 0 amide bonds. The number of benzene rings is 1. The van der Waals surface area contributed by atoms with Crippen molar-refractivity contribution >= 4 is 5.78 Å². The Hall–Kier alpha value is -2.41. The molecule has 0 saturated heterocycles. The van der Waals surface area contributed by atoms with Gasteiger partial charge in [-0.2, -0.15) is 10.4 Å². The van der Waals surface area contributed by atoms with E-state index in [0.717, 1.165) is 11.3 Å². The van der Waals surface area contributed by atoms with Gasteiger partial charge in [0.25, 0.3) is 0 Å². The minimum Gasteiger partial charge on any atom is -0.298 e. The third-order valence-electron chi connectivity index (χ3n) is 3.70. The highest BCUT2D eigenvalue weighted by Crippen LogP contribution is 2.29. The van der Waals surface area contributed by atoms with Crippen LogP contribution >= 0.6 is 0 Å². The molecule has 1 atom stereocenters. The maximum Gasteiger partial charge on any atom is 0.154 e. The van der Waals surface area contributed by atoms with Gasteiger partial charge in [0.1, 0.15) is 5.41 Å². The Balaban J connectivity index is 2.42. The van der Waals surface area contributed by atoms with Crippen LogP contribution in [0.2, 0.25) is 0 Å². The van der Waals surface area contributed by atoms with Crippen LogP contribution in [0.3, 0.4) is 0 Å². The molecule has 1 heterocycles. The number of carbonyl (C=O) groups is 1. The molecule has 0 spiro atoms. The molecular formula is C17H19N3O. The van der Waals surface area contributed by atoms with Crippen LogP contribution in [-0.2, 0) is 16.6 Å². The predicted molar refractivity (Wildman–Crippen MR) is 80.7 cm³/mol. The third kappa shape index (κ3) is 2.87. The van der Waals surface area contributed by atoms with Crippen LogP contribution in [-0.4, -0.2) is 15.6 Å². The summed E-state index contributed by atoms with van der Waals surface area (Å²) in [6.07, 6.45) is 2.18. The second kappa shape index (κ2) is 5.92. The zero-order chi connectivity index (χ0) is 15.5. The number of carbonyl (C=O) groups excluding carboxylic acids is 1. The fourth-order valence-electron chi connectivity index (χ4n) is 2.37. The Labute approximate surface area is 125 Å². The summed E-state index contributed by atoms with van der Waals surface area (Å²) in [5.74, 6) is -0.157. The SMILES string of the molecule is CC(=O)C(C#N)(Cc1ccn(C(C)C)n1)c1ccccc1. The Morgan fingerprint density at radius 2 is 2.00 bits per heavy atom. The molecule has 0 bridgehead atoms. The highest BCUT2D eigenvalue weighted by atomic mass is 16.1. The fourth-order valence-corrected chi connectivity index (χ4v) is 2.37. The van der Waals surface area contributed by atoms with E-state index in [9.17, 15) is 10.1 Å². The van der Waals surface area contributed by atoms with Crippen LogP contribution in [0, 0.1) is 11.3 Å². The van der Waals surface area contributed by atoms with Crippen molar-refractivity contribution in [1.29, 1.82) is 5.26 Å². The molecule has 108 valence electrons. The van der Waals surface area contributed by atoms with E-state index in [-0.39, 0.29) is 11.8 Å². The first-order chi connectivity index (χ1) is 9.99. The molecule has 4 nitrogen and oxygen atoms in total. The molecule has 0 radical (unpaired) electrons. The van der Waals surface area contributed by atoms with Gasteiger partial charge < -0.3 is 0 Å². The molecule has 21 heavy (non-hydrogen) atoms. The summed E-state index contributed by atoms with van der Waals surface area (Å²) in [5.41, 5.74) is 0.306. The lowest BCUT2D eigenvalue weighted by molar-refractivity contribution is -0.120. The summed E-state index contributed by atoms with van der Waals surface area (Å²) in [6.45, 7) is 5.54. The number of hydrogen-bond acceptors (Lipinski definition) is 3. The Kier molecular flexibility index (Phi) is 4.23. The summed E-state index contributed by atoms with van der Waals surface area (Å²) in [7, 11) is 0. The Bertz CT molecular complexity index is 667. The summed E-state index contributed by atoms with van der Waals surface area (Å²) in [6, 6.07) is 13.6. The summed E-state index contributed by atoms with van der Waals surface area (Å²) < 4.78 is 1.84. The average molecular weight is 281 g/mol. The zero-order valence-electron chi connectivity index (χ0n) is 12.6. The van der Waals surface area contributed by atoms with Gasteiger partial charge >= 0.3 is 0 Å². The molecule has 0 N–H and O–H groups in total. The van der Waals surface area contributed by atoms with E-state index in [1.165, 1.54) is 6.92 Å². The first-order valence-electron chi connectivity index (χ1n) is 7.01. The van der Waals surface area contributed by atoms with Crippen LogP contribution in [0.4, 0.5) is 0 Å². The Morgan fingerprint density at radius 1 is 1.33 bits per heavy atom. The summed E-state index contributed by atoms with van der Waals surface area (Å²) >= 11 is 0. The number of rotatable bonds is 5. The molecule has 0 aliphatic heterocycles. The molecule has 0 saturated carbocycles. The summed E-state index contributed by atoms with van der Waals surface area (Å²) in [4.78, 5) is 12.2. The number of nitrogens with zero attached hydrogens (tertiary/aromatic N) is 3. The molecule has 1 aromatic carbocycles. The predicted octanol–water partition coefficient (Wildman–Crippen LogP) is 3.06. The van der Waals surface area contributed by atoms with E-state index in [0.29, 0.717) is 6.42 Å². The van der Waals surface area contributed by atoms with E-state index in [1.54, 1.807) is 0 Å². The van der Waals surface area contributed by atoms with Crippen molar-refractivity contribution in [2.45, 2.75) is 38.6 Å². The largest absolute Gasteiger partial charge is 0.298 e. The van der Waals surface area contributed by atoms with Gasteiger partial charge in [0.15, 0.2) is 5.78 Å². The van der Waals surface area contributed by atoms with E-state index < -0.39 is 5.41 Å². The van der Waals surface area contributed by atoms with Crippen LogP contribution in [0.25, 0.3) is 0 Å². The minimum atomic E-state index is -1.17. The van der Waals surface area contributed by atoms with Gasteiger partial charge in [-0.05, 0) is 32.4 Å². The van der Waals surface area contributed by atoms with Gasteiger partial charge in [-0.25, -0.2) is 0 Å². The quantitative estimate of drug-likeness (QED) is 0.846. The second-order valence-corrected chi connectivity index (χ2v) is 5.50. The van der Waals surface area contributed by atoms with Crippen LogP contribution in [0.1, 0.15) is 38.1 Å². The van der Waals surface area contributed by atoms with E-state index >= 15 is 0 Å². The van der Waals surface area contributed by atoms with Crippen molar-refractivity contribution in [3.8, 4) is 6.07 Å². The van der Waals surface area contributed by atoms with Crippen molar-refractivity contribution in [2.24, 2.45) is 0 Å². The standard InChI is InChI=1S/C17H19N3O/c1-13(2)20-10-9-16(19-20)11-17(12-18,14(3)21)15-7-5-4-6-8-15/h4-10,13H,11H2,1-3H3. The van der Waals surface area contributed by atoms with Gasteiger partial charge in [-0.3, -0.25) is 9.48 Å². The number of nitriles is 1. The lowest BCUT2D eigenvalue weighted by Crippen LogP contribution is -2.35. The molecule has 0 aliphatic carbocycles. The van der Waals surface area contributed by atoms with Crippen LogP contribution < -0.4 is 0 Å². The van der Waals surface area contributed by atoms with Crippen molar-refractivity contribution in [1.82, 2.24) is 9.78 Å². The zero-order valence-corrected chi connectivity index (χ0v) is 12.6. The molecule has 4 heteroatoms. The average Bonchev–Trinajstić information content (AvgIpc) is 2.94. The van der Waals surface area contributed by atoms with Gasteiger partial charge in [0.05, 0.1) is 11.8 Å². The van der Waals surface area contributed by atoms with Gasteiger partial charge in [0.2, 0.25) is 0 Å². The van der Waals surface area contributed by atoms with Crippen LogP contribution in [0.5, 0.6) is 0 Å². The first-order valence-corrected chi connectivity index (χ1v) is 7.01. The normalized spacial score (nSPS) is 13.7. The smallest absolute Gasteiger partial charge is 0.154 e. The molecule has 0 aliphatic rings. The molecule has 1 aromatic heterocycles. The topological polar surface area (TPSA) is 58.7 Å². The maximum absolute atomic E-state index is 12.2. The van der Waals surface area contributed by atoms with Crippen molar-refractivity contribution in [3.05, 3.63) is 53.9 Å². The Morgan fingerprint density at radius 3 is 2.48 bits per heavy atom. The lowest BCUT2D eigenvalue weighted by Gasteiger charge is -2.23. The number of aromatic nitrogens is 2. The van der Waals surface area contributed by atoms with E-state index in [2.05, 4.69) is 11.2 Å². The highest BCUT2D eigenvalue weighted by molar-refractivity contribution is 5.91. The second-order valence-electron chi connectivity index (χ2n) is 5.50. The fraction of sp³-hybridized carbons (Fsp3) is 0.353. The van der Waals surface area contributed by atoms with Crippen molar-refractivity contribution < 1.29 is 4.79 Å². The maximum atomic E-state index is 12.2. The summed E-state index contributed by atoms with van der Waals surface area (Å²) in [5, 5.41) is 14.1. The minimum absolute atomic E-state index is 0.157. The molecule has 0 fully saturated rings. The van der Waals surface area contributed by atoms with Crippen LogP contribution in [0.15, 0.2) is 42.6 Å². The number of Topliss-reactive ketones (excluding diaryl/α,β-unsaturated/α-hetero) is 1. The van der Waals surface area contributed by atoms with E-state index in [4.69, 9.17) is 0 Å². The third-order valence-corrected chi connectivity index (χ3v) is 3.70. The highest BCUT2D eigenvalue weighted by Gasteiger charge is 2.38. The first kappa shape index (κ1) is 15.0.